The van der Waals surface area contributed by atoms with Crippen LogP contribution < -0.4 is 0 Å². The molecule has 0 aromatic carbocycles. The zero-order valence-corrected chi connectivity index (χ0v) is 8.43. The van der Waals surface area contributed by atoms with E-state index in [9.17, 15) is 4.79 Å². The van der Waals surface area contributed by atoms with Crippen molar-refractivity contribution in [1.29, 1.82) is 0 Å². The number of aromatic nitrogens is 1. The number of carbonyl (C=O) groups is 1. The lowest BCUT2D eigenvalue weighted by Gasteiger charge is -1.99. The van der Waals surface area contributed by atoms with Crippen LogP contribution in [0.2, 0.25) is 0 Å². The van der Waals surface area contributed by atoms with Crippen molar-refractivity contribution in [3.05, 3.63) is 53.7 Å². The van der Waals surface area contributed by atoms with Gasteiger partial charge in [-0.1, -0.05) is 6.07 Å². The van der Waals surface area contributed by atoms with E-state index >= 15 is 0 Å². The number of hydrogen-bond donors (Lipinski definition) is 0. The number of Topliss-reactive ketones (excluding diaryl/α,β-unsaturated/α-hetero) is 1. The zero-order valence-electron chi connectivity index (χ0n) is 8.43. The van der Waals surface area contributed by atoms with E-state index in [1.165, 1.54) is 0 Å². The van der Waals surface area contributed by atoms with Crippen LogP contribution in [0.15, 0.2) is 41.2 Å². The predicted molar refractivity (Wildman–Crippen MR) is 55.7 cm³/mol. The highest BCUT2D eigenvalue weighted by Crippen LogP contribution is 2.06. The highest BCUT2D eigenvalue weighted by molar-refractivity contribution is 5.95. The van der Waals surface area contributed by atoms with Crippen molar-refractivity contribution >= 4 is 5.78 Å². The molecule has 0 aliphatic heterocycles. The average Bonchev–Trinajstić information content (AvgIpc) is 2.70. The molecule has 0 bridgehead atoms. The van der Waals surface area contributed by atoms with Crippen molar-refractivity contribution in [3.63, 3.8) is 0 Å². The van der Waals surface area contributed by atoms with Gasteiger partial charge in [-0.25, -0.2) is 0 Å². The summed E-state index contributed by atoms with van der Waals surface area (Å²) in [4.78, 5) is 15.9. The Morgan fingerprint density at radius 3 is 2.93 bits per heavy atom. The molecule has 0 aliphatic carbocycles. The normalized spacial score (nSPS) is 10.2. The molecule has 3 nitrogen and oxygen atoms in total. The van der Waals surface area contributed by atoms with Gasteiger partial charge >= 0.3 is 0 Å². The first kappa shape index (κ1) is 9.65. The molecule has 0 amide bonds. The summed E-state index contributed by atoms with van der Waals surface area (Å²) < 4.78 is 4.90. The molecule has 0 radical (unpaired) electrons. The summed E-state index contributed by atoms with van der Waals surface area (Å²) in [5, 5.41) is 0. The molecule has 0 aliphatic rings. The Kier molecular flexibility index (Phi) is 2.63. The van der Waals surface area contributed by atoms with Gasteiger partial charge in [0.2, 0.25) is 0 Å². The van der Waals surface area contributed by atoms with Gasteiger partial charge in [0, 0.05) is 12.1 Å². The van der Waals surface area contributed by atoms with Crippen molar-refractivity contribution in [3.8, 4) is 0 Å². The molecule has 2 aromatic heterocycles. The number of aryl methyl sites for hydroxylation is 1. The molecule has 0 saturated heterocycles. The van der Waals surface area contributed by atoms with E-state index < -0.39 is 0 Å². The largest absolute Gasteiger partial charge is 0.472 e. The van der Waals surface area contributed by atoms with Crippen molar-refractivity contribution in [1.82, 2.24) is 4.98 Å². The van der Waals surface area contributed by atoms with E-state index in [0.29, 0.717) is 12.1 Å². The van der Waals surface area contributed by atoms with Crippen LogP contribution in [0.1, 0.15) is 21.7 Å². The third kappa shape index (κ3) is 2.31. The first-order chi connectivity index (χ1) is 7.25. The smallest absolute Gasteiger partial charge is 0.185 e. The maximum absolute atomic E-state index is 11.8. The second kappa shape index (κ2) is 4.09. The summed E-state index contributed by atoms with van der Waals surface area (Å²) in [6.07, 6.45) is 3.48. The molecular formula is C12H11NO2. The van der Waals surface area contributed by atoms with Gasteiger partial charge in [0.1, 0.15) is 5.69 Å². The topological polar surface area (TPSA) is 43.1 Å². The molecule has 0 unspecified atom stereocenters. The summed E-state index contributed by atoms with van der Waals surface area (Å²) >= 11 is 0. The molecular weight excluding hydrogens is 190 g/mol. The van der Waals surface area contributed by atoms with Crippen LogP contribution in [-0.2, 0) is 6.42 Å². The van der Waals surface area contributed by atoms with Crippen LogP contribution in [0.25, 0.3) is 0 Å². The lowest BCUT2D eigenvalue weighted by molar-refractivity contribution is 0.0988. The Bertz CT molecular complexity index is 460. The molecule has 76 valence electrons. The van der Waals surface area contributed by atoms with Crippen LogP contribution in [0.5, 0.6) is 0 Å². The minimum absolute atomic E-state index is 0.0140. The highest BCUT2D eigenvalue weighted by Gasteiger charge is 2.08. The van der Waals surface area contributed by atoms with Crippen molar-refractivity contribution in [2.24, 2.45) is 0 Å². The summed E-state index contributed by atoms with van der Waals surface area (Å²) in [6.45, 7) is 1.87. The number of pyridine rings is 1. The van der Waals surface area contributed by atoms with Gasteiger partial charge in [0.25, 0.3) is 0 Å². The minimum Gasteiger partial charge on any atom is -0.472 e. The predicted octanol–water partition coefficient (Wildman–Crippen LogP) is 2.41. The summed E-state index contributed by atoms with van der Waals surface area (Å²) in [5.41, 5.74) is 2.24. The fourth-order valence-electron chi connectivity index (χ4n) is 1.37. The lowest BCUT2D eigenvalue weighted by Crippen LogP contribution is -2.05. The zero-order chi connectivity index (χ0) is 10.7. The Morgan fingerprint density at radius 1 is 1.40 bits per heavy atom. The van der Waals surface area contributed by atoms with E-state index in [1.54, 1.807) is 24.7 Å². The van der Waals surface area contributed by atoms with Crippen molar-refractivity contribution in [2.45, 2.75) is 13.3 Å². The van der Waals surface area contributed by atoms with E-state index in [1.807, 2.05) is 19.1 Å². The molecule has 0 saturated carbocycles. The fourth-order valence-corrected chi connectivity index (χ4v) is 1.37. The fraction of sp³-hybridized carbons (Fsp3) is 0.167. The standard InChI is InChI=1S/C12H11NO2/c1-9-3-2-4-11(13-9)12(14)7-10-5-6-15-8-10/h2-6,8H,7H2,1H3. The van der Waals surface area contributed by atoms with Crippen LogP contribution >= 0.6 is 0 Å². The van der Waals surface area contributed by atoms with Gasteiger partial charge in [-0.05, 0) is 30.7 Å². The van der Waals surface area contributed by atoms with Gasteiger partial charge in [-0.3, -0.25) is 9.78 Å². The molecule has 15 heavy (non-hydrogen) atoms. The van der Waals surface area contributed by atoms with Crippen LogP contribution in [-0.4, -0.2) is 10.8 Å². The number of hydrogen-bond acceptors (Lipinski definition) is 3. The summed E-state index contributed by atoms with van der Waals surface area (Å²) in [5.74, 6) is 0.0140. The Labute approximate surface area is 87.8 Å². The molecule has 3 heteroatoms. The number of furan rings is 1. The maximum Gasteiger partial charge on any atom is 0.185 e. The van der Waals surface area contributed by atoms with E-state index in [0.717, 1.165) is 11.3 Å². The quantitative estimate of drug-likeness (QED) is 0.716. The Balaban J connectivity index is 2.15. The van der Waals surface area contributed by atoms with E-state index in [2.05, 4.69) is 4.98 Å². The summed E-state index contributed by atoms with van der Waals surface area (Å²) in [7, 11) is 0. The number of ketones is 1. The molecule has 0 atom stereocenters. The second-order valence-corrected chi connectivity index (χ2v) is 3.40. The third-order valence-electron chi connectivity index (χ3n) is 2.12. The van der Waals surface area contributed by atoms with Gasteiger partial charge in [-0.2, -0.15) is 0 Å². The first-order valence-corrected chi connectivity index (χ1v) is 4.73. The van der Waals surface area contributed by atoms with Crippen LogP contribution in [0.3, 0.4) is 0 Å². The maximum atomic E-state index is 11.8. The lowest BCUT2D eigenvalue weighted by atomic mass is 10.1. The molecule has 0 fully saturated rings. The van der Waals surface area contributed by atoms with Gasteiger partial charge in [0.15, 0.2) is 5.78 Å². The van der Waals surface area contributed by atoms with Gasteiger partial charge < -0.3 is 4.42 Å². The van der Waals surface area contributed by atoms with E-state index in [-0.39, 0.29) is 5.78 Å². The van der Waals surface area contributed by atoms with Gasteiger partial charge in [0.05, 0.1) is 12.5 Å². The van der Waals surface area contributed by atoms with Crippen LogP contribution in [0.4, 0.5) is 0 Å². The summed E-state index contributed by atoms with van der Waals surface area (Å²) in [6, 6.07) is 7.22. The molecule has 0 N–H and O–H groups in total. The second-order valence-electron chi connectivity index (χ2n) is 3.40. The van der Waals surface area contributed by atoms with Crippen molar-refractivity contribution in [2.75, 3.05) is 0 Å². The van der Waals surface area contributed by atoms with Crippen molar-refractivity contribution < 1.29 is 9.21 Å². The number of rotatable bonds is 3. The highest BCUT2D eigenvalue weighted by atomic mass is 16.3. The Morgan fingerprint density at radius 2 is 2.27 bits per heavy atom. The minimum atomic E-state index is 0.0140. The van der Waals surface area contributed by atoms with Gasteiger partial charge in [-0.15, -0.1) is 0 Å². The number of nitrogens with zero attached hydrogens (tertiary/aromatic N) is 1. The average molecular weight is 201 g/mol. The molecule has 2 aromatic rings. The monoisotopic (exact) mass is 201 g/mol. The van der Waals surface area contributed by atoms with E-state index in [4.69, 9.17) is 4.42 Å². The van der Waals surface area contributed by atoms with Crippen LogP contribution in [0, 0.1) is 6.92 Å². The number of carbonyl (C=O) groups excluding carboxylic acids is 1. The molecule has 0 spiro atoms. The molecule has 2 heterocycles. The Hall–Kier alpha value is -1.90. The first-order valence-electron chi connectivity index (χ1n) is 4.73. The molecule has 2 rings (SSSR count). The SMILES string of the molecule is Cc1cccc(C(=O)Cc2ccoc2)n1. The third-order valence-corrected chi connectivity index (χ3v) is 2.12.